The van der Waals surface area contributed by atoms with Crippen molar-refractivity contribution in [1.82, 2.24) is 9.78 Å². The van der Waals surface area contributed by atoms with Gasteiger partial charge in [0, 0.05) is 10.2 Å². The second kappa shape index (κ2) is 4.27. The van der Waals surface area contributed by atoms with Crippen LogP contribution in [-0.4, -0.2) is 14.9 Å². The van der Waals surface area contributed by atoms with Gasteiger partial charge >= 0.3 is 0 Å². The first-order valence-electron chi connectivity index (χ1n) is 5.43. The lowest BCUT2D eigenvalue weighted by Gasteiger charge is -2.13. The third kappa shape index (κ3) is 2.58. The summed E-state index contributed by atoms with van der Waals surface area (Å²) in [5, 5.41) is 14.4. The van der Waals surface area contributed by atoms with Crippen molar-refractivity contribution in [3.63, 3.8) is 0 Å². The summed E-state index contributed by atoms with van der Waals surface area (Å²) < 4.78 is 2.84. The first kappa shape index (κ1) is 12.3. The van der Waals surface area contributed by atoms with Crippen molar-refractivity contribution in [3.8, 4) is 5.69 Å². The molecule has 0 aliphatic rings. The van der Waals surface area contributed by atoms with Crippen molar-refractivity contribution >= 4 is 15.9 Å². The summed E-state index contributed by atoms with van der Waals surface area (Å²) >= 11 is 3.44. The summed E-state index contributed by atoms with van der Waals surface area (Å²) in [4.78, 5) is 0. The molecule has 0 radical (unpaired) electrons. The highest BCUT2D eigenvalue weighted by Crippen LogP contribution is 2.22. The monoisotopic (exact) mass is 294 g/mol. The molecule has 90 valence electrons. The Morgan fingerprint density at radius 1 is 1.29 bits per heavy atom. The number of halogens is 1. The number of benzene rings is 1. The van der Waals surface area contributed by atoms with Gasteiger partial charge in [0.15, 0.2) is 0 Å². The molecule has 0 saturated heterocycles. The summed E-state index contributed by atoms with van der Waals surface area (Å²) in [6.45, 7) is 5.45. The van der Waals surface area contributed by atoms with E-state index in [1.807, 2.05) is 41.9 Å². The average Bonchev–Trinajstić information content (AvgIpc) is 2.60. The van der Waals surface area contributed by atoms with Crippen molar-refractivity contribution in [1.29, 1.82) is 0 Å². The van der Waals surface area contributed by atoms with Gasteiger partial charge in [-0.15, -0.1) is 0 Å². The summed E-state index contributed by atoms with van der Waals surface area (Å²) in [7, 11) is 0. The van der Waals surface area contributed by atoms with Crippen molar-refractivity contribution in [2.75, 3.05) is 0 Å². The molecule has 1 aromatic carbocycles. The highest BCUT2D eigenvalue weighted by atomic mass is 79.9. The van der Waals surface area contributed by atoms with Gasteiger partial charge in [0.2, 0.25) is 0 Å². The molecule has 0 bridgehead atoms. The van der Waals surface area contributed by atoms with E-state index in [1.54, 1.807) is 13.8 Å². The van der Waals surface area contributed by atoms with Gasteiger partial charge < -0.3 is 5.11 Å². The number of nitrogens with zero attached hydrogens (tertiary/aromatic N) is 2. The summed E-state index contributed by atoms with van der Waals surface area (Å²) in [5.74, 6) is 0. The first-order valence-corrected chi connectivity index (χ1v) is 6.23. The number of hydrogen-bond donors (Lipinski definition) is 1. The second-order valence-electron chi connectivity index (χ2n) is 4.62. The van der Waals surface area contributed by atoms with Gasteiger partial charge in [0.1, 0.15) is 5.60 Å². The molecule has 1 N–H and O–H groups in total. The van der Waals surface area contributed by atoms with Crippen LogP contribution in [0.5, 0.6) is 0 Å². The summed E-state index contributed by atoms with van der Waals surface area (Å²) in [5.41, 5.74) is 1.74. The van der Waals surface area contributed by atoms with Crippen LogP contribution >= 0.6 is 15.9 Å². The predicted molar refractivity (Wildman–Crippen MR) is 71.2 cm³/mol. The molecule has 1 heterocycles. The Labute approximate surface area is 109 Å². The van der Waals surface area contributed by atoms with Crippen LogP contribution < -0.4 is 0 Å². The van der Waals surface area contributed by atoms with Gasteiger partial charge in [0.25, 0.3) is 0 Å². The van der Waals surface area contributed by atoms with E-state index >= 15 is 0 Å². The SMILES string of the molecule is Cc1cc(C(C)(C)O)nn1-c1cccc(Br)c1. The molecule has 4 heteroatoms. The van der Waals surface area contributed by atoms with Crippen molar-refractivity contribution in [2.45, 2.75) is 26.4 Å². The van der Waals surface area contributed by atoms with Gasteiger partial charge in [-0.25, -0.2) is 4.68 Å². The highest BCUT2D eigenvalue weighted by Gasteiger charge is 2.21. The zero-order chi connectivity index (χ0) is 12.6. The molecule has 1 aromatic heterocycles. The average molecular weight is 295 g/mol. The number of aryl methyl sites for hydroxylation is 1. The lowest BCUT2D eigenvalue weighted by atomic mass is 10.1. The zero-order valence-corrected chi connectivity index (χ0v) is 11.7. The van der Waals surface area contributed by atoms with Crippen LogP contribution in [0, 0.1) is 6.92 Å². The topological polar surface area (TPSA) is 38.1 Å². The smallest absolute Gasteiger partial charge is 0.103 e. The largest absolute Gasteiger partial charge is 0.384 e. The second-order valence-corrected chi connectivity index (χ2v) is 5.54. The Morgan fingerprint density at radius 3 is 2.53 bits per heavy atom. The van der Waals surface area contributed by atoms with Crippen LogP contribution in [0.25, 0.3) is 5.69 Å². The fourth-order valence-corrected chi connectivity index (χ4v) is 2.03. The molecule has 0 spiro atoms. The van der Waals surface area contributed by atoms with E-state index in [2.05, 4.69) is 21.0 Å². The standard InChI is InChI=1S/C13H15BrN2O/c1-9-7-12(13(2,3)17)15-16(9)11-6-4-5-10(14)8-11/h4-8,17H,1-3H3. The van der Waals surface area contributed by atoms with E-state index in [0.29, 0.717) is 5.69 Å². The van der Waals surface area contributed by atoms with E-state index in [4.69, 9.17) is 0 Å². The normalized spacial score (nSPS) is 11.8. The van der Waals surface area contributed by atoms with E-state index in [9.17, 15) is 5.11 Å². The number of rotatable bonds is 2. The van der Waals surface area contributed by atoms with Crippen molar-refractivity contribution in [3.05, 3.63) is 46.2 Å². The Bertz CT molecular complexity index is 541. The van der Waals surface area contributed by atoms with Crippen LogP contribution in [0.4, 0.5) is 0 Å². The first-order chi connectivity index (χ1) is 7.88. The lowest BCUT2D eigenvalue weighted by molar-refractivity contribution is 0.0734. The Balaban J connectivity index is 2.50. The number of aliphatic hydroxyl groups is 1. The number of aromatic nitrogens is 2. The van der Waals surface area contributed by atoms with Gasteiger partial charge in [-0.1, -0.05) is 22.0 Å². The maximum atomic E-state index is 9.94. The molecule has 2 rings (SSSR count). The quantitative estimate of drug-likeness (QED) is 0.924. The molecular weight excluding hydrogens is 280 g/mol. The highest BCUT2D eigenvalue weighted by molar-refractivity contribution is 9.10. The lowest BCUT2D eigenvalue weighted by Crippen LogP contribution is -2.16. The minimum absolute atomic E-state index is 0.676. The van der Waals surface area contributed by atoms with Crippen molar-refractivity contribution < 1.29 is 5.11 Å². The minimum atomic E-state index is -0.915. The molecule has 2 aromatic rings. The molecule has 0 aliphatic heterocycles. The van der Waals surface area contributed by atoms with E-state index < -0.39 is 5.60 Å². The Hall–Kier alpha value is -1.13. The van der Waals surface area contributed by atoms with E-state index in [0.717, 1.165) is 15.9 Å². The van der Waals surface area contributed by atoms with Crippen LogP contribution in [0.15, 0.2) is 34.8 Å². The third-order valence-electron chi connectivity index (χ3n) is 2.57. The third-order valence-corrected chi connectivity index (χ3v) is 3.06. The van der Waals surface area contributed by atoms with Crippen LogP contribution in [0.3, 0.4) is 0 Å². The Kier molecular flexibility index (Phi) is 3.10. The fraction of sp³-hybridized carbons (Fsp3) is 0.308. The molecule has 0 atom stereocenters. The predicted octanol–water partition coefficient (Wildman–Crippen LogP) is 3.17. The van der Waals surface area contributed by atoms with Gasteiger partial charge in [-0.3, -0.25) is 0 Å². The van der Waals surface area contributed by atoms with Gasteiger partial charge in [0.05, 0.1) is 11.4 Å². The molecule has 0 fully saturated rings. The van der Waals surface area contributed by atoms with Gasteiger partial charge in [-0.2, -0.15) is 5.10 Å². The molecule has 0 amide bonds. The number of hydrogen-bond acceptors (Lipinski definition) is 2. The fourth-order valence-electron chi connectivity index (χ4n) is 1.64. The molecular formula is C13H15BrN2O. The molecule has 0 saturated carbocycles. The van der Waals surface area contributed by atoms with Crippen LogP contribution in [-0.2, 0) is 5.60 Å². The maximum absolute atomic E-state index is 9.94. The molecule has 17 heavy (non-hydrogen) atoms. The van der Waals surface area contributed by atoms with Crippen LogP contribution in [0.1, 0.15) is 25.2 Å². The molecule has 3 nitrogen and oxygen atoms in total. The van der Waals surface area contributed by atoms with Crippen LogP contribution in [0.2, 0.25) is 0 Å². The van der Waals surface area contributed by atoms with Gasteiger partial charge in [-0.05, 0) is 45.0 Å². The maximum Gasteiger partial charge on any atom is 0.103 e. The summed E-state index contributed by atoms with van der Waals surface area (Å²) in [6.07, 6.45) is 0. The van der Waals surface area contributed by atoms with E-state index in [-0.39, 0.29) is 0 Å². The molecule has 0 unspecified atom stereocenters. The zero-order valence-electron chi connectivity index (χ0n) is 10.1. The summed E-state index contributed by atoms with van der Waals surface area (Å²) in [6, 6.07) is 9.82. The Morgan fingerprint density at radius 2 is 2.00 bits per heavy atom. The van der Waals surface area contributed by atoms with E-state index in [1.165, 1.54) is 0 Å². The minimum Gasteiger partial charge on any atom is -0.384 e. The van der Waals surface area contributed by atoms with Crippen molar-refractivity contribution in [2.24, 2.45) is 0 Å². The molecule has 0 aliphatic carbocycles.